The van der Waals surface area contributed by atoms with Crippen LogP contribution in [0.4, 0.5) is 5.69 Å². The van der Waals surface area contributed by atoms with Crippen LogP contribution in [-0.4, -0.2) is 36.9 Å². The lowest BCUT2D eigenvalue weighted by atomic mass is 10.3. The molecule has 1 aromatic carbocycles. The van der Waals surface area contributed by atoms with Crippen molar-refractivity contribution in [3.05, 3.63) is 23.2 Å². The van der Waals surface area contributed by atoms with Gasteiger partial charge in [0.1, 0.15) is 0 Å². The maximum Gasteiger partial charge on any atom is 0.313 e. The quantitative estimate of drug-likeness (QED) is 0.702. The van der Waals surface area contributed by atoms with Crippen LogP contribution in [0.2, 0.25) is 5.02 Å². The van der Waals surface area contributed by atoms with Gasteiger partial charge in [0.2, 0.25) is 15.9 Å². The molecule has 0 saturated carbocycles. The zero-order chi connectivity index (χ0) is 15.3. The van der Waals surface area contributed by atoms with Crippen LogP contribution < -0.4 is 10.5 Å². The summed E-state index contributed by atoms with van der Waals surface area (Å²) in [5, 5.41) is 15.9. The summed E-state index contributed by atoms with van der Waals surface area (Å²) in [6.45, 7) is 0. The Morgan fingerprint density at radius 1 is 1.35 bits per heavy atom. The number of carboxylic acids is 1. The molecule has 0 spiro atoms. The van der Waals surface area contributed by atoms with Crippen LogP contribution in [0.15, 0.2) is 23.1 Å². The minimum absolute atomic E-state index is 0.0950. The first-order chi connectivity index (χ1) is 9.20. The Kier molecular flexibility index (Phi) is 5.81. The standard InChI is InChI=1S/C10H11ClN2O5S2/c11-7-2-1-6(20(12,17)18)3-8(7)13-9(14)4-19-5-10(15)16/h1-3H,4-5H2,(H,13,14)(H,15,16)(H2,12,17,18). The third-order valence-corrected chi connectivity index (χ3v) is 4.16. The third-order valence-electron chi connectivity index (χ3n) is 2.00. The van der Waals surface area contributed by atoms with Gasteiger partial charge in [-0.1, -0.05) is 11.6 Å². The van der Waals surface area contributed by atoms with Crippen LogP contribution in [0, 0.1) is 0 Å². The van der Waals surface area contributed by atoms with Crippen molar-refractivity contribution in [2.24, 2.45) is 5.14 Å². The lowest BCUT2D eigenvalue weighted by Crippen LogP contribution is -2.17. The van der Waals surface area contributed by atoms with Gasteiger partial charge in [-0.2, -0.15) is 0 Å². The second-order valence-corrected chi connectivity index (χ2v) is 6.58. The lowest BCUT2D eigenvalue weighted by Gasteiger charge is -2.08. The van der Waals surface area contributed by atoms with E-state index >= 15 is 0 Å². The molecule has 0 aliphatic carbocycles. The summed E-state index contributed by atoms with van der Waals surface area (Å²) >= 11 is 6.73. The van der Waals surface area contributed by atoms with Crippen LogP contribution in [0.3, 0.4) is 0 Å². The number of carboxylic acid groups (broad SMARTS) is 1. The molecule has 0 bridgehead atoms. The molecule has 7 nitrogen and oxygen atoms in total. The number of hydrogen-bond acceptors (Lipinski definition) is 5. The van der Waals surface area contributed by atoms with E-state index in [4.69, 9.17) is 21.8 Å². The number of carbonyl (C=O) groups excluding carboxylic acids is 1. The van der Waals surface area contributed by atoms with Crippen molar-refractivity contribution >= 4 is 50.9 Å². The van der Waals surface area contributed by atoms with E-state index in [1.165, 1.54) is 12.1 Å². The molecule has 4 N–H and O–H groups in total. The van der Waals surface area contributed by atoms with E-state index in [0.717, 1.165) is 17.8 Å². The highest BCUT2D eigenvalue weighted by Crippen LogP contribution is 2.24. The van der Waals surface area contributed by atoms with E-state index in [1.54, 1.807) is 0 Å². The van der Waals surface area contributed by atoms with Gasteiger partial charge in [0.05, 0.1) is 27.1 Å². The number of aliphatic carboxylic acids is 1. The van der Waals surface area contributed by atoms with Crippen molar-refractivity contribution in [1.29, 1.82) is 0 Å². The number of halogens is 1. The Morgan fingerprint density at radius 2 is 2.00 bits per heavy atom. The zero-order valence-corrected chi connectivity index (χ0v) is 12.4. The molecule has 1 aromatic rings. The fraction of sp³-hybridized carbons (Fsp3) is 0.200. The van der Waals surface area contributed by atoms with Crippen LogP contribution in [0.25, 0.3) is 0 Å². The molecule has 110 valence electrons. The summed E-state index contributed by atoms with van der Waals surface area (Å²) in [7, 11) is -3.90. The Hall–Kier alpha value is -1.29. The van der Waals surface area contributed by atoms with Crippen molar-refractivity contribution in [2.45, 2.75) is 4.90 Å². The van der Waals surface area contributed by atoms with Crippen LogP contribution in [0.1, 0.15) is 0 Å². The number of primary sulfonamides is 1. The van der Waals surface area contributed by atoms with Crippen LogP contribution in [0.5, 0.6) is 0 Å². The summed E-state index contributed by atoms with van der Waals surface area (Å²) in [5.74, 6) is -1.83. The SMILES string of the molecule is NS(=O)(=O)c1ccc(Cl)c(NC(=O)CSCC(=O)O)c1. The van der Waals surface area contributed by atoms with Gasteiger partial charge in [0, 0.05) is 0 Å². The Morgan fingerprint density at radius 3 is 2.55 bits per heavy atom. The molecule has 0 heterocycles. The molecule has 1 rings (SSSR count). The maximum absolute atomic E-state index is 11.5. The molecule has 20 heavy (non-hydrogen) atoms. The molecule has 0 saturated heterocycles. The monoisotopic (exact) mass is 338 g/mol. The van der Waals surface area contributed by atoms with Gasteiger partial charge in [-0.15, -0.1) is 11.8 Å². The number of carbonyl (C=O) groups is 2. The molecule has 0 unspecified atom stereocenters. The predicted octanol–water partition coefficient (Wildman–Crippen LogP) is 0.744. The highest BCUT2D eigenvalue weighted by molar-refractivity contribution is 8.00. The number of amides is 1. The van der Waals surface area contributed by atoms with Gasteiger partial charge in [-0.05, 0) is 18.2 Å². The van der Waals surface area contributed by atoms with Gasteiger partial charge in [-0.3, -0.25) is 9.59 Å². The van der Waals surface area contributed by atoms with Crippen molar-refractivity contribution in [3.8, 4) is 0 Å². The Bertz CT molecular complexity index is 633. The highest BCUT2D eigenvalue weighted by Gasteiger charge is 2.13. The summed E-state index contributed by atoms with van der Waals surface area (Å²) in [4.78, 5) is 21.7. The van der Waals surface area contributed by atoms with Crippen LogP contribution >= 0.6 is 23.4 Å². The molecule has 0 radical (unpaired) electrons. The van der Waals surface area contributed by atoms with E-state index in [2.05, 4.69) is 5.32 Å². The number of sulfonamides is 1. The molecule has 0 aromatic heterocycles. The van der Waals surface area contributed by atoms with Gasteiger partial charge >= 0.3 is 5.97 Å². The van der Waals surface area contributed by atoms with Crippen molar-refractivity contribution in [2.75, 3.05) is 16.8 Å². The topological polar surface area (TPSA) is 127 Å². The number of anilines is 1. The first-order valence-corrected chi connectivity index (χ1v) is 8.20. The molecule has 1 amide bonds. The molecule has 0 aliphatic rings. The maximum atomic E-state index is 11.5. The number of rotatable bonds is 6. The fourth-order valence-corrected chi connectivity index (χ4v) is 2.43. The van der Waals surface area contributed by atoms with Gasteiger partial charge < -0.3 is 10.4 Å². The van der Waals surface area contributed by atoms with Gasteiger partial charge in [0.25, 0.3) is 0 Å². The first-order valence-electron chi connectivity index (χ1n) is 5.12. The largest absolute Gasteiger partial charge is 0.481 e. The average molecular weight is 339 g/mol. The van der Waals surface area contributed by atoms with E-state index in [0.29, 0.717) is 0 Å². The number of thioether (sulfide) groups is 1. The normalized spacial score (nSPS) is 11.1. The van der Waals surface area contributed by atoms with E-state index < -0.39 is 21.9 Å². The highest BCUT2D eigenvalue weighted by atomic mass is 35.5. The smallest absolute Gasteiger partial charge is 0.313 e. The predicted molar refractivity (Wildman–Crippen MR) is 76.4 cm³/mol. The van der Waals surface area contributed by atoms with Gasteiger partial charge in [-0.25, -0.2) is 13.6 Å². The molecule has 0 aliphatic heterocycles. The molecule has 0 fully saturated rings. The van der Waals surface area contributed by atoms with E-state index in [9.17, 15) is 18.0 Å². The first kappa shape index (κ1) is 16.8. The Labute approximate surface area is 124 Å². The molecule has 10 heteroatoms. The minimum atomic E-state index is -3.90. The fourth-order valence-electron chi connectivity index (χ4n) is 1.19. The molecular weight excluding hydrogens is 328 g/mol. The average Bonchev–Trinajstić information content (AvgIpc) is 2.30. The number of hydrogen-bond donors (Lipinski definition) is 3. The van der Waals surface area contributed by atoms with Crippen molar-refractivity contribution < 1.29 is 23.1 Å². The molecular formula is C10H11ClN2O5S2. The Balaban J connectivity index is 2.77. The van der Waals surface area contributed by atoms with Crippen LogP contribution in [-0.2, 0) is 19.6 Å². The number of nitrogens with two attached hydrogens (primary N) is 1. The van der Waals surface area contributed by atoms with E-state index in [-0.39, 0.29) is 27.1 Å². The summed E-state index contributed by atoms with van der Waals surface area (Å²) < 4.78 is 22.4. The van der Waals surface area contributed by atoms with E-state index in [1.807, 2.05) is 0 Å². The van der Waals surface area contributed by atoms with Gasteiger partial charge in [0.15, 0.2) is 0 Å². The summed E-state index contributed by atoms with van der Waals surface area (Å²) in [6, 6.07) is 3.64. The van der Waals surface area contributed by atoms with Crippen molar-refractivity contribution in [3.63, 3.8) is 0 Å². The minimum Gasteiger partial charge on any atom is -0.481 e. The second kappa shape index (κ2) is 6.93. The number of nitrogens with one attached hydrogen (secondary N) is 1. The molecule has 0 atom stereocenters. The second-order valence-electron chi connectivity index (χ2n) is 3.62. The lowest BCUT2D eigenvalue weighted by molar-refractivity contribution is -0.133. The third kappa shape index (κ3) is 5.37. The summed E-state index contributed by atoms with van der Waals surface area (Å²) in [5.41, 5.74) is 0.0964. The van der Waals surface area contributed by atoms with Crippen molar-refractivity contribution in [1.82, 2.24) is 0 Å². The zero-order valence-electron chi connectivity index (χ0n) is 10.00. The summed E-state index contributed by atoms with van der Waals surface area (Å²) in [6.07, 6.45) is 0. The number of benzene rings is 1.